The molecule has 0 aromatic rings. The van der Waals surface area contributed by atoms with Crippen LogP contribution in [0.2, 0.25) is 0 Å². The summed E-state index contributed by atoms with van der Waals surface area (Å²) in [7, 11) is 2.13. The molecule has 0 bridgehead atoms. The van der Waals surface area contributed by atoms with Gasteiger partial charge >= 0.3 is 0 Å². The van der Waals surface area contributed by atoms with E-state index in [4.69, 9.17) is 0 Å². The Morgan fingerprint density at radius 2 is 2.13 bits per heavy atom. The molecular weight excluding hydrogens is 184 g/mol. The fourth-order valence-electron chi connectivity index (χ4n) is 2.90. The van der Waals surface area contributed by atoms with Gasteiger partial charge in [0.05, 0.1) is 0 Å². The molecule has 0 amide bonds. The van der Waals surface area contributed by atoms with E-state index >= 15 is 0 Å². The summed E-state index contributed by atoms with van der Waals surface area (Å²) in [6, 6.07) is 0.739. The minimum absolute atomic E-state index is 0.739. The Morgan fingerprint density at radius 3 is 2.80 bits per heavy atom. The summed E-state index contributed by atoms with van der Waals surface area (Å²) >= 11 is 0. The molecule has 2 nitrogen and oxygen atoms in total. The van der Waals surface area contributed by atoms with Crippen LogP contribution in [0.1, 0.15) is 46.0 Å². The van der Waals surface area contributed by atoms with Gasteiger partial charge in [-0.2, -0.15) is 0 Å². The predicted molar refractivity (Wildman–Crippen MR) is 67.1 cm³/mol. The van der Waals surface area contributed by atoms with Gasteiger partial charge in [0, 0.05) is 6.04 Å². The Morgan fingerprint density at radius 1 is 1.33 bits per heavy atom. The van der Waals surface area contributed by atoms with Crippen molar-refractivity contribution < 1.29 is 0 Å². The molecule has 0 radical (unpaired) electrons. The molecule has 0 aromatic carbocycles. The molecule has 2 unspecified atom stereocenters. The molecule has 2 heteroatoms. The summed E-state index contributed by atoms with van der Waals surface area (Å²) in [5.74, 6) is 1.75. The van der Waals surface area contributed by atoms with Crippen molar-refractivity contribution in [2.75, 3.05) is 20.1 Å². The van der Waals surface area contributed by atoms with Crippen LogP contribution in [-0.4, -0.2) is 26.2 Å². The second-order valence-corrected chi connectivity index (χ2v) is 5.01. The fraction of sp³-hybridized carbons (Fsp3) is 1.00. The molecule has 1 aliphatic rings. The lowest BCUT2D eigenvalue weighted by molar-refractivity contribution is 0.216. The Bertz CT molecular complexity index is 159. The largest absolute Gasteiger partial charge is 0.317 e. The van der Waals surface area contributed by atoms with Crippen LogP contribution in [0, 0.1) is 11.8 Å². The first-order chi connectivity index (χ1) is 7.29. The molecular formula is C13H28N2. The van der Waals surface area contributed by atoms with Gasteiger partial charge in [-0.25, -0.2) is 0 Å². The van der Waals surface area contributed by atoms with Crippen molar-refractivity contribution in [2.24, 2.45) is 11.8 Å². The first-order valence-corrected chi connectivity index (χ1v) is 6.67. The van der Waals surface area contributed by atoms with Crippen LogP contribution in [0.25, 0.3) is 0 Å². The van der Waals surface area contributed by atoms with Crippen LogP contribution in [0.5, 0.6) is 0 Å². The molecule has 15 heavy (non-hydrogen) atoms. The minimum Gasteiger partial charge on any atom is -0.317 e. The third-order valence-corrected chi connectivity index (χ3v) is 3.89. The van der Waals surface area contributed by atoms with Gasteiger partial charge in [0.1, 0.15) is 0 Å². The van der Waals surface area contributed by atoms with E-state index in [2.05, 4.69) is 31.5 Å². The summed E-state index contributed by atoms with van der Waals surface area (Å²) in [5.41, 5.74) is 0. The van der Waals surface area contributed by atoms with Gasteiger partial charge in [-0.05, 0) is 57.7 Å². The van der Waals surface area contributed by atoms with Crippen molar-refractivity contribution in [3.05, 3.63) is 0 Å². The van der Waals surface area contributed by atoms with Crippen LogP contribution in [0.4, 0.5) is 0 Å². The number of hydrogen-bond donors (Lipinski definition) is 2. The quantitative estimate of drug-likeness (QED) is 0.748. The van der Waals surface area contributed by atoms with Crippen LogP contribution in [0.3, 0.4) is 0 Å². The maximum absolute atomic E-state index is 3.53. The molecule has 90 valence electrons. The first-order valence-electron chi connectivity index (χ1n) is 6.67. The predicted octanol–water partition coefficient (Wildman–Crippen LogP) is 2.40. The molecule has 0 aliphatic carbocycles. The van der Waals surface area contributed by atoms with E-state index in [-0.39, 0.29) is 0 Å². The minimum atomic E-state index is 0.739. The number of rotatable bonds is 4. The summed E-state index contributed by atoms with van der Waals surface area (Å²) in [6.45, 7) is 7.14. The normalized spacial score (nSPS) is 30.6. The molecule has 0 saturated carbocycles. The number of hydrogen-bond acceptors (Lipinski definition) is 2. The Balaban J connectivity index is 2.51. The van der Waals surface area contributed by atoms with Crippen LogP contribution >= 0.6 is 0 Å². The second kappa shape index (κ2) is 7.24. The highest BCUT2D eigenvalue weighted by atomic mass is 14.9. The Hall–Kier alpha value is -0.0800. The highest BCUT2D eigenvalue weighted by Gasteiger charge is 2.25. The maximum atomic E-state index is 3.53. The lowest BCUT2D eigenvalue weighted by atomic mass is 9.79. The second-order valence-electron chi connectivity index (χ2n) is 5.01. The van der Waals surface area contributed by atoms with E-state index in [1.54, 1.807) is 0 Å². The Kier molecular flexibility index (Phi) is 6.26. The molecule has 1 heterocycles. The first kappa shape index (κ1) is 13.0. The number of nitrogens with one attached hydrogen (secondary N) is 2. The molecule has 2 N–H and O–H groups in total. The van der Waals surface area contributed by atoms with Crippen molar-refractivity contribution in [1.29, 1.82) is 0 Å². The van der Waals surface area contributed by atoms with Crippen molar-refractivity contribution in [3.8, 4) is 0 Å². The van der Waals surface area contributed by atoms with Crippen molar-refractivity contribution in [3.63, 3.8) is 0 Å². The SMILES string of the molecule is CCC[C@@H](NC)C1CCCNCCC1C. The van der Waals surface area contributed by atoms with Crippen LogP contribution in [-0.2, 0) is 0 Å². The average Bonchev–Trinajstić information content (AvgIpc) is 2.22. The lowest BCUT2D eigenvalue weighted by Crippen LogP contribution is -2.39. The van der Waals surface area contributed by atoms with E-state index < -0.39 is 0 Å². The summed E-state index contributed by atoms with van der Waals surface area (Å²) in [5, 5.41) is 7.04. The highest BCUT2D eigenvalue weighted by Crippen LogP contribution is 2.27. The highest BCUT2D eigenvalue weighted by molar-refractivity contribution is 4.81. The monoisotopic (exact) mass is 212 g/mol. The van der Waals surface area contributed by atoms with E-state index in [1.807, 2.05) is 0 Å². The fourth-order valence-corrected chi connectivity index (χ4v) is 2.90. The van der Waals surface area contributed by atoms with Crippen LogP contribution in [0.15, 0.2) is 0 Å². The van der Waals surface area contributed by atoms with Crippen LogP contribution < -0.4 is 10.6 Å². The molecule has 1 aliphatic heterocycles. The summed E-state index contributed by atoms with van der Waals surface area (Å²) < 4.78 is 0. The van der Waals surface area contributed by atoms with Gasteiger partial charge in [-0.1, -0.05) is 20.3 Å². The van der Waals surface area contributed by atoms with Gasteiger partial charge in [0.2, 0.25) is 0 Å². The molecule has 1 saturated heterocycles. The average molecular weight is 212 g/mol. The van der Waals surface area contributed by atoms with E-state index in [0.29, 0.717) is 0 Å². The van der Waals surface area contributed by atoms with E-state index in [1.165, 1.54) is 45.2 Å². The van der Waals surface area contributed by atoms with Gasteiger partial charge in [0.15, 0.2) is 0 Å². The lowest BCUT2D eigenvalue weighted by Gasteiger charge is -2.33. The third kappa shape index (κ3) is 4.12. The van der Waals surface area contributed by atoms with Gasteiger partial charge in [-0.15, -0.1) is 0 Å². The van der Waals surface area contributed by atoms with Crippen molar-refractivity contribution in [2.45, 2.75) is 52.0 Å². The van der Waals surface area contributed by atoms with Crippen molar-refractivity contribution in [1.82, 2.24) is 10.6 Å². The zero-order valence-corrected chi connectivity index (χ0v) is 10.7. The van der Waals surface area contributed by atoms with Gasteiger partial charge in [0.25, 0.3) is 0 Å². The third-order valence-electron chi connectivity index (χ3n) is 3.89. The smallest absolute Gasteiger partial charge is 0.00947 e. The van der Waals surface area contributed by atoms with Gasteiger partial charge < -0.3 is 10.6 Å². The van der Waals surface area contributed by atoms with E-state index in [0.717, 1.165) is 17.9 Å². The zero-order valence-electron chi connectivity index (χ0n) is 10.7. The van der Waals surface area contributed by atoms with Crippen molar-refractivity contribution >= 4 is 0 Å². The molecule has 0 spiro atoms. The van der Waals surface area contributed by atoms with E-state index in [9.17, 15) is 0 Å². The topological polar surface area (TPSA) is 24.1 Å². The van der Waals surface area contributed by atoms with Gasteiger partial charge in [-0.3, -0.25) is 0 Å². The maximum Gasteiger partial charge on any atom is 0.00947 e. The zero-order chi connectivity index (χ0) is 11.1. The standard InChI is InChI=1S/C13H28N2/c1-4-6-13(14-3)12-7-5-9-15-10-8-11(12)2/h11-15H,4-10H2,1-3H3/t11?,12?,13-/m1/s1. The summed E-state index contributed by atoms with van der Waals surface area (Å²) in [4.78, 5) is 0. The molecule has 3 atom stereocenters. The molecule has 1 rings (SSSR count). The molecule has 1 fully saturated rings. The molecule has 0 aromatic heterocycles. The Labute approximate surface area is 95.2 Å². The summed E-state index contributed by atoms with van der Waals surface area (Å²) in [6.07, 6.45) is 6.70.